The van der Waals surface area contributed by atoms with Crippen LogP contribution in [-0.4, -0.2) is 33.9 Å². The van der Waals surface area contributed by atoms with Crippen LogP contribution in [0.5, 0.6) is 0 Å². The Morgan fingerprint density at radius 3 is 2.65 bits per heavy atom. The lowest BCUT2D eigenvalue weighted by atomic mass is 9.94. The van der Waals surface area contributed by atoms with Crippen LogP contribution in [0, 0.1) is 0 Å². The van der Waals surface area contributed by atoms with Crippen LogP contribution in [0.15, 0.2) is 18.3 Å². The van der Waals surface area contributed by atoms with E-state index in [1.807, 2.05) is 26.2 Å². The molecule has 0 aliphatic heterocycles. The van der Waals surface area contributed by atoms with Gasteiger partial charge in [0, 0.05) is 31.5 Å². The number of nitrogens with one attached hydrogen (secondary N) is 2. The maximum atomic E-state index is 12.0. The summed E-state index contributed by atoms with van der Waals surface area (Å²) in [6.07, 6.45) is 9.92. The molecule has 2 amide bonds. The second kappa shape index (κ2) is 8.39. The first-order chi connectivity index (χ1) is 11.0. The molecule has 0 spiro atoms. The molecule has 1 aromatic heterocycles. The van der Waals surface area contributed by atoms with E-state index < -0.39 is 5.60 Å². The number of hydrogen-bond donors (Lipinski definition) is 3. The standard InChI is InChI=1S/C18H31N3O2/c1-15(9-10-16-8-7-13-21(16)2)20-17(22)19-14-18(23)11-5-3-4-6-12-18/h7-8,13,15,23H,3-6,9-12,14H2,1-2H3,(H2,19,20,22). The van der Waals surface area contributed by atoms with Crippen molar-refractivity contribution in [3.05, 3.63) is 24.0 Å². The van der Waals surface area contributed by atoms with E-state index in [0.717, 1.165) is 38.5 Å². The molecule has 1 aliphatic carbocycles. The van der Waals surface area contributed by atoms with Gasteiger partial charge in [-0.2, -0.15) is 0 Å². The highest BCUT2D eigenvalue weighted by atomic mass is 16.3. The summed E-state index contributed by atoms with van der Waals surface area (Å²) in [7, 11) is 2.04. The van der Waals surface area contributed by atoms with Crippen molar-refractivity contribution in [2.45, 2.75) is 69.9 Å². The number of carbonyl (C=O) groups excluding carboxylic acids is 1. The molecule has 1 saturated carbocycles. The quantitative estimate of drug-likeness (QED) is 0.705. The molecule has 0 aromatic carbocycles. The van der Waals surface area contributed by atoms with Gasteiger partial charge in [-0.15, -0.1) is 0 Å². The van der Waals surface area contributed by atoms with Gasteiger partial charge < -0.3 is 20.3 Å². The summed E-state index contributed by atoms with van der Waals surface area (Å²) in [6.45, 7) is 2.37. The zero-order valence-electron chi connectivity index (χ0n) is 14.5. The predicted octanol–water partition coefficient (Wildman–Crippen LogP) is 2.73. The number of aliphatic hydroxyl groups is 1. The molecule has 0 radical (unpaired) electrons. The molecule has 130 valence electrons. The first kappa shape index (κ1) is 17.9. The van der Waals surface area contributed by atoms with E-state index in [0.29, 0.717) is 6.54 Å². The van der Waals surface area contributed by atoms with Crippen LogP contribution in [0.1, 0.15) is 57.6 Å². The van der Waals surface area contributed by atoms with E-state index in [2.05, 4.69) is 21.3 Å². The minimum absolute atomic E-state index is 0.105. The van der Waals surface area contributed by atoms with Crippen molar-refractivity contribution in [3.63, 3.8) is 0 Å². The maximum absolute atomic E-state index is 12.0. The third-order valence-corrected chi connectivity index (χ3v) is 4.87. The summed E-state index contributed by atoms with van der Waals surface area (Å²) in [5, 5.41) is 16.4. The lowest BCUT2D eigenvalue weighted by Crippen LogP contribution is -2.48. The Morgan fingerprint density at radius 1 is 1.35 bits per heavy atom. The Labute approximate surface area is 139 Å². The molecule has 5 nitrogen and oxygen atoms in total. The average Bonchev–Trinajstić information content (AvgIpc) is 2.79. The van der Waals surface area contributed by atoms with Crippen LogP contribution >= 0.6 is 0 Å². The van der Waals surface area contributed by atoms with Gasteiger partial charge in [0.2, 0.25) is 0 Å². The molecular weight excluding hydrogens is 290 g/mol. The SMILES string of the molecule is CC(CCc1cccn1C)NC(=O)NCC1(O)CCCCCC1. The highest BCUT2D eigenvalue weighted by Crippen LogP contribution is 2.26. The normalized spacial score (nSPS) is 18.9. The number of rotatable bonds is 6. The zero-order valence-corrected chi connectivity index (χ0v) is 14.5. The van der Waals surface area contributed by atoms with Crippen LogP contribution in [0.25, 0.3) is 0 Å². The molecule has 1 fully saturated rings. The van der Waals surface area contributed by atoms with Crippen LogP contribution in [0.3, 0.4) is 0 Å². The van der Waals surface area contributed by atoms with E-state index in [4.69, 9.17) is 0 Å². The van der Waals surface area contributed by atoms with Crippen LogP contribution < -0.4 is 10.6 Å². The molecule has 5 heteroatoms. The second-order valence-corrected chi connectivity index (χ2v) is 7.02. The molecule has 1 atom stereocenters. The number of aryl methyl sites for hydroxylation is 2. The third-order valence-electron chi connectivity index (χ3n) is 4.87. The third kappa shape index (κ3) is 5.90. The molecular formula is C18H31N3O2. The monoisotopic (exact) mass is 321 g/mol. The van der Waals surface area contributed by atoms with Gasteiger partial charge in [-0.05, 0) is 44.7 Å². The number of amides is 2. The first-order valence-electron chi connectivity index (χ1n) is 8.85. The van der Waals surface area contributed by atoms with Gasteiger partial charge >= 0.3 is 6.03 Å². The summed E-state index contributed by atoms with van der Waals surface area (Å²) >= 11 is 0. The summed E-state index contributed by atoms with van der Waals surface area (Å²) < 4.78 is 2.11. The van der Waals surface area contributed by atoms with Gasteiger partial charge in [0.25, 0.3) is 0 Å². The van der Waals surface area contributed by atoms with E-state index in [1.165, 1.54) is 18.5 Å². The van der Waals surface area contributed by atoms with Crippen LogP contribution in [-0.2, 0) is 13.5 Å². The van der Waals surface area contributed by atoms with Crippen molar-refractivity contribution < 1.29 is 9.90 Å². The fourth-order valence-electron chi connectivity index (χ4n) is 3.28. The Bertz CT molecular complexity index is 490. The molecule has 1 aliphatic rings. The van der Waals surface area contributed by atoms with E-state index in [-0.39, 0.29) is 12.1 Å². The van der Waals surface area contributed by atoms with Crippen molar-refractivity contribution in [3.8, 4) is 0 Å². The topological polar surface area (TPSA) is 66.3 Å². The molecule has 23 heavy (non-hydrogen) atoms. The van der Waals surface area contributed by atoms with Gasteiger partial charge in [-0.25, -0.2) is 4.79 Å². The Hall–Kier alpha value is -1.49. The number of aromatic nitrogens is 1. The van der Waals surface area contributed by atoms with Gasteiger partial charge in [0.1, 0.15) is 0 Å². The largest absolute Gasteiger partial charge is 0.388 e. The van der Waals surface area contributed by atoms with Gasteiger partial charge in [0.15, 0.2) is 0 Å². The lowest BCUT2D eigenvalue weighted by molar-refractivity contribution is 0.0276. The summed E-state index contributed by atoms with van der Waals surface area (Å²) in [6, 6.07) is 4.07. The van der Waals surface area contributed by atoms with Gasteiger partial charge in [-0.3, -0.25) is 0 Å². The van der Waals surface area contributed by atoms with Gasteiger partial charge in [0.05, 0.1) is 5.60 Å². The van der Waals surface area contributed by atoms with Gasteiger partial charge in [-0.1, -0.05) is 25.7 Å². The molecule has 1 heterocycles. The first-order valence-corrected chi connectivity index (χ1v) is 8.85. The van der Waals surface area contributed by atoms with Crippen LogP contribution in [0.2, 0.25) is 0 Å². The highest BCUT2D eigenvalue weighted by molar-refractivity contribution is 5.74. The molecule has 0 bridgehead atoms. The summed E-state index contributed by atoms with van der Waals surface area (Å²) in [5.74, 6) is 0. The van der Waals surface area contributed by atoms with Crippen molar-refractivity contribution in [1.29, 1.82) is 0 Å². The Morgan fingerprint density at radius 2 is 2.04 bits per heavy atom. The average molecular weight is 321 g/mol. The second-order valence-electron chi connectivity index (χ2n) is 7.02. The summed E-state index contributed by atoms with van der Waals surface area (Å²) in [4.78, 5) is 12.0. The van der Waals surface area contributed by atoms with E-state index in [1.54, 1.807) is 0 Å². The predicted molar refractivity (Wildman–Crippen MR) is 92.4 cm³/mol. The van der Waals surface area contributed by atoms with E-state index in [9.17, 15) is 9.90 Å². The van der Waals surface area contributed by atoms with Crippen molar-refractivity contribution in [2.24, 2.45) is 7.05 Å². The minimum Gasteiger partial charge on any atom is -0.388 e. The Balaban J connectivity index is 1.68. The summed E-state index contributed by atoms with van der Waals surface area (Å²) in [5.41, 5.74) is 0.548. The van der Waals surface area contributed by atoms with Crippen molar-refractivity contribution in [1.82, 2.24) is 15.2 Å². The fraction of sp³-hybridized carbons (Fsp3) is 0.722. The van der Waals surface area contributed by atoms with Crippen LogP contribution in [0.4, 0.5) is 4.79 Å². The zero-order chi connectivity index (χ0) is 16.7. The lowest BCUT2D eigenvalue weighted by Gasteiger charge is -2.27. The number of carbonyl (C=O) groups is 1. The molecule has 1 unspecified atom stereocenters. The maximum Gasteiger partial charge on any atom is 0.315 e. The Kier molecular flexibility index (Phi) is 6.51. The molecule has 3 N–H and O–H groups in total. The highest BCUT2D eigenvalue weighted by Gasteiger charge is 2.28. The molecule has 0 saturated heterocycles. The fourth-order valence-corrected chi connectivity index (χ4v) is 3.28. The number of nitrogens with zero attached hydrogens (tertiary/aromatic N) is 1. The van der Waals surface area contributed by atoms with Crippen molar-refractivity contribution in [2.75, 3.05) is 6.54 Å². The molecule has 2 rings (SSSR count). The number of urea groups is 1. The minimum atomic E-state index is -0.722. The smallest absolute Gasteiger partial charge is 0.315 e. The van der Waals surface area contributed by atoms with Crippen molar-refractivity contribution >= 4 is 6.03 Å². The molecule has 1 aromatic rings. The van der Waals surface area contributed by atoms with E-state index >= 15 is 0 Å². The number of hydrogen-bond acceptors (Lipinski definition) is 2.